The van der Waals surface area contributed by atoms with Gasteiger partial charge in [0.1, 0.15) is 5.69 Å². The standard InChI is InChI=1S/C23H19ClF2N6O/c1-12-13(2)23(30-32-20(33)7-19(21(25)26)29-22(12)32)31-4-3-18-16(11-31)5-14(9-28-18)15-6-17(24)10-27-8-15/h5-10,21H,3-4,11H2,1-2H3. The highest BCUT2D eigenvalue weighted by Gasteiger charge is 2.24. The van der Waals surface area contributed by atoms with E-state index < -0.39 is 17.7 Å². The Morgan fingerprint density at radius 1 is 1.06 bits per heavy atom. The molecular formula is C23H19ClF2N6O. The molecule has 5 rings (SSSR count). The lowest BCUT2D eigenvalue weighted by atomic mass is 10.0. The average molecular weight is 469 g/mol. The fraction of sp³-hybridized carbons (Fsp3) is 0.261. The second kappa shape index (κ2) is 8.15. The van der Waals surface area contributed by atoms with E-state index >= 15 is 0 Å². The van der Waals surface area contributed by atoms with Crippen LogP contribution in [-0.2, 0) is 13.0 Å². The van der Waals surface area contributed by atoms with Crippen molar-refractivity contribution in [1.82, 2.24) is 24.6 Å². The van der Waals surface area contributed by atoms with E-state index in [-0.39, 0.29) is 5.65 Å². The van der Waals surface area contributed by atoms with Gasteiger partial charge < -0.3 is 4.90 Å². The minimum absolute atomic E-state index is 0.147. The third-order valence-corrected chi connectivity index (χ3v) is 6.15. The molecule has 0 aromatic carbocycles. The van der Waals surface area contributed by atoms with Gasteiger partial charge in [-0.2, -0.15) is 4.52 Å². The summed E-state index contributed by atoms with van der Waals surface area (Å²) in [6, 6.07) is 4.74. The molecule has 33 heavy (non-hydrogen) atoms. The van der Waals surface area contributed by atoms with Crippen molar-refractivity contribution in [2.75, 3.05) is 11.4 Å². The highest BCUT2D eigenvalue weighted by molar-refractivity contribution is 6.30. The molecule has 10 heteroatoms. The molecule has 0 spiro atoms. The van der Waals surface area contributed by atoms with Crippen LogP contribution in [0.2, 0.25) is 5.02 Å². The lowest BCUT2D eigenvalue weighted by molar-refractivity contribution is 0.146. The summed E-state index contributed by atoms with van der Waals surface area (Å²) >= 11 is 6.09. The second-order valence-electron chi connectivity index (χ2n) is 8.02. The Bertz CT molecular complexity index is 1460. The topological polar surface area (TPSA) is 76.3 Å². The van der Waals surface area contributed by atoms with Gasteiger partial charge in [-0.1, -0.05) is 11.6 Å². The molecule has 1 aliphatic rings. The van der Waals surface area contributed by atoms with Crippen LogP contribution in [0.25, 0.3) is 16.8 Å². The Morgan fingerprint density at radius 3 is 2.61 bits per heavy atom. The summed E-state index contributed by atoms with van der Waals surface area (Å²) in [4.78, 5) is 27.3. The number of aryl methyl sites for hydroxylation is 1. The quantitative estimate of drug-likeness (QED) is 0.446. The van der Waals surface area contributed by atoms with Crippen LogP contribution in [0.4, 0.5) is 14.6 Å². The third-order valence-electron chi connectivity index (χ3n) is 5.94. The summed E-state index contributed by atoms with van der Waals surface area (Å²) in [6.45, 7) is 4.83. The van der Waals surface area contributed by atoms with Crippen molar-refractivity contribution in [3.05, 3.63) is 80.2 Å². The molecule has 0 bridgehead atoms. The normalized spacial score (nSPS) is 13.6. The first-order valence-corrected chi connectivity index (χ1v) is 10.7. The van der Waals surface area contributed by atoms with Crippen molar-refractivity contribution in [3.63, 3.8) is 0 Å². The number of aromatic nitrogens is 5. The molecule has 168 valence electrons. The van der Waals surface area contributed by atoms with Gasteiger partial charge in [0.15, 0.2) is 11.5 Å². The van der Waals surface area contributed by atoms with E-state index in [0.29, 0.717) is 35.9 Å². The maximum absolute atomic E-state index is 13.1. The molecular weight excluding hydrogens is 450 g/mol. The van der Waals surface area contributed by atoms with Gasteiger partial charge >= 0.3 is 0 Å². The zero-order valence-corrected chi connectivity index (χ0v) is 18.6. The van der Waals surface area contributed by atoms with Crippen LogP contribution in [0.1, 0.15) is 34.5 Å². The Kier molecular flexibility index (Phi) is 5.28. The van der Waals surface area contributed by atoms with Crippen molar-refractivity contribution in [2.45, 2.75) is 33.2 Å². The van der Waals surface area contributed by atoms with Gasteiger partial charge in [0, 0.05) is 72.1 Å². The number of anilines is 1. The third kappa shape index (κ3) is 3.82. The summed E-state index contributed by atoms with van der Waals surface area (Å²) in [7, 11) is 0. The monoisotopic (exact) mass is 468 g/mol. The number of hydrogen-bond donors (Lipinski definition) is 0. The molecule has 0 aliphatic carbocycles. The van der Waals surface area contributed by atoms with Gasteiger partial charge in [0.05, 0.1) is 5.02 Å². The number of halogens is 3. The average Bonchev–Trinajstić information content (AvgIpc) is 2.80. The SMILES string of the molecule is Cc1c(N2CCc3ncc(-c4cncc(Cl)c4)cc3C2)nn2c(=O)cc(C(F)F)nc2c1C. The number of nitrogens with zero attached hydrogens (tertiary/aromatic N) is 6. The van der Waals surface area contributed by atoms with Crippen LogP contribution in [0.5, 0.6) is 0 Å². The van der Waals surface area contributed by atoms with Crippen molar-refractivity contribution >= 4 is 23.1 Å². The van der Waals surface area contributed by atoms with E-state index in [4.69, 9.17) is 11.6 Å². The number of rotatable bonds is 3. The number of fused-ring (bicyclic) bond motifs is 2. The Balaban J connectivity index is 1.55. The summed E-state index contributed by atoms with van der Waals surface area (Å²) in [5.41, 5.74) is 4.23. The first-order chi connectivity index (χ1) is 15.8. The van der Waals surface area contributed by atoms with Gasteiger partial charge in [-0.25, -0.2) is 13.8 Å². The van der Waals surface area contributed by atoms with Crippen LogP contribution in [-0.4, -0.2) is 31.1 Å². The lowest BCUT2D eigenvalue weighted by Crippen LogP contribution is -2.34. The maximum atomic E-state index is 13.1. The fourth-order valence-corrected chi connectivity index (χ4v) is 4.26. The zero-order chi connectivity index (χ0) is 23.3. The van der Waals surface area contributed by atoms with Gasteiger partial charge in [0.25, 0.3) is 12.0 Å². The van der Waals surface area contributed by atoms with Crippen LogP contribution < -0.4 is 10.5 Å². The van der Waals surface area contributed by atoms with Gasteiger partial charge in [-0.05, 0) is 31.5 Å². The number of alkyl halides is 2. The largest absolute Gasteiger partial charge is 0.350 e. The molecule has 0 N–H and O–H groups in total. The smallest absolute Gasteiger partial charge is 0.280 e. The molecule has 0 unspecified atom stereocenters. The molecule has 5 heterocycles. The molecule has 4 aromatic heterocycles. The Morgan fingerprint density at radius 2 is 1.85 bits per heavy atom. The molecule has 7 nitrogen and oxygen atoms in total. The van der Waals surface area contributed by atoms with Crippen LogP contribution in [0, 0.1) is 13.8 Å². The van der Waals surface area contributed by atoms with E-state index in [1.807, 2.05) is 19.2 Å². The maximum Gasteiger partial charge on any atom is 0.280 e. The minimum atomic E-state index is -2.82. The molecule has 0 saturated heterocycles. The fourth-order valence-electron chi connectivity index (χ4n) is 4.09. The van der Waals surface area contributed by atoms with Crippen LogP contribution in [0.15, 0.2) is 41.6 Å². The molecule has 0 saturated carbocycles. The predicted molar refractivity (Wildman–Crippen MR) is 121 cm³/mol. The van der Waals surface area contributed by atoms with Gasteiger partial charge in [-0.15, -0.1) is 5.10 Å². The summed E-state index contributed by atoms with van der Waals surface area (Å²) in [6.07, 6.45) is 3.02. The molecule has 4 aromatic rings. The van der Waals surface area contributed by atoms with Crippen molar-refractivity contribution < 1.29 is 8.78 Å². The van der Waals surface area contributed by atoms with Gasteiger partial charge in [-0.3, -0.25) is 14.8 Å². The molecule has 1 aliphatic heterocycles. The first-order valence-electron chi connectivity index (χ1n) is 10.3. The molecule has 0 radical (unpaired) electrons. The van der Waals surface area contributed by atoms with Gasteiger partial charge in [0.2, 0.25) is 0 Å². The van der Waals surface area contributed by atoms with Crippen molar-refractivity contribution in [2.24, 2.45) is 0 Å². The zero-order valence-electron chi connectivity index (χ0n) is 17.9. The summed E-state index contributed by atoms with van der Waals surface area (Å²) in [5, 5.41) is 5.05. The van der Waals surface area contributed by atoms with E-state index in [1.165, 1.54) is 0 Å². The van der Waals surface area contributed by atoms with E-state index in [9.17, 15) is 13.6 Å². The Hall–Kier alpha value is -3.46. The summed E-state index contributed by atoms with van der Waals surface area (Å²) < 4.78 is 27.4. The first kappa shape index (κ1) is 21.4. The highest BCUT2D eigenvalue weighted by Crippen LogP contribution is 2.30. The second-order valence-corrected chi connectivity index (χ2v) is 8.46. The minimum Gasteiger partial charge on any atom is -0.350 e. The lowest BCUT2D eigenvalue weighted by Gasteiger charge is -2.31. The molecule has 0 fully saturated rings. The predicted octanol–water partition coefficient (Wildman–Crippen LogP) is 4.32. The molecule has 0 atom stereocenters. The van der Waals surface area contributed by atoms with Crippen molar-refractivity contribution in [3.8, 4) is 11.1 Å². The highest BCUT2D eigenvalue weighted by atomic mass is 35.5. The van der Waals surface area contributed by atoms with E-state index in [1.54, 1.807) is 19.3 Å². The van der Waals surface area contributed by atoms with Crippen molar-refractivity contribution in [1.29, 1.82) is 0 Å². The van der Waals surface area contributed by atoms with E-state index in [0.717, 1.165) is 38.5 Å². The van der Waals surface area contributed by atoms with Crippen LogP contribution >= 0.6 is 11.6 Å². The number of pyridine rings is 2. The Labute approximate surface area is 192 Å². The molecule has 0 amide bonds. The van der Waals surface area contributed by atoms with Crippen LogP contribution in [0.3, 0.4) is 0 Å². The van der Waals surface area contributed by atoms with E-state index in [2.05, 4.69) is 31.0 Å². The number of hydrogen-bond acceptors (Lipinski definition) is 6. The summed E-state index contributed by atoms with van der Waals surface area (Å²) in [5.74, 6) is 0.620.